The van der Waals surface area contributed by atoms with Crippen LogP contribution in [-0.2, 0) is 0 Å². The van der Waals surface area contributed by atoms with E-state index in [1.165, 1.54) is 0 Å². The van der Waals surface area contributed by atoms with E-state index in [2.05, 4.69) is 0 Å². The van der Waals surface area contributed by atoms with Crippen molar-refractivity contribution in [2.75, 3.05) is 13.1 Å². The van der Waals surface area contributed by atoms with Crippen LogP contribution in [0.15, 0.2) is 0 Å². The molecule has 162 valence electrons. The summed E-state index contributed by atoms with van der Waals surface area (Å²) in [6.07, 6.45) is 0. The Balaban J connectivity index is 2.08. The first-order valence-electron chi connectivity index (χ1n) is 8.13. The molecule has 0 saturated heterocycles. The van der Waals surface area contributed by atoms with Gasteiger partial charge in [-0.15, -0.1) is 0 Å². The average Bonchev–Trinajstić information content (AvgIpc) is 2.71. The van der Waals surface area contributed by atoms with E-state index < -0.39 is 93.7 Å². The first kappa shape index (κ1) is 23.1. The van der Waals surface area contributed by atoms with Gasteiger partial charge in [0.15, 0.2) is 46.5 Å². The molecule has 0 bridgehead atoms. The molecule has 30 heavy (non-hydrogen) atoms. The fourth-order valence-corrected chi connectivity index (χ4v) is 2.55. The van der Waals surface area contributed by atoms with E-state index in [9.17, 15) is 44.7 Å². The molecule has 2 aromatic carbocycles. The third-order valence-electron chi connectivity index (χ3n) is 4.15. The highest BCUT2D eigenvalue weighted by atomic mass is 19.2. The maximum absolute atomic E-state index is 13.8. The number of carbonyl (C=O) groups is 2. The van der Waals surface area contributed by atoms with Crippen LogP contribution in [0, 0.1) is 60.4 Å². The molecule has 0 aliphatic rings. The van der Waals surface area contributed by atoms with Gasteiger partial charge < -0.3 is 10.6 Å². The summed E-state index contributed by atoms with van der Waals surface area (Å²) in [6.45, 7) is 0.662. The molecule has 2 amide bonds. The van der Waals surface area contributed by atoms with E-state index in [1.54, 1.807) is 0 Å². The molecule has 0 heterocycles. The average molecular weight is 440 g/mol. The lowest BCUT2D eigenvalue weighted by Crippen LogP contribution is -2.36. The van der Waals surface area contributed by atoms with Crippen LogP contribution in [0.4, 0.5) is 35.1 Å². The largest absolute Gasteiger partial charge is 0.350 e. The number of amides is 2. The van der Waals surface area contributed by atoms with Gasteiger partial charge in [-0.2, -0.15) is 0 Å². The van der Waals surface area contributed by atoms with Gasteiger partial charge in [-0.1, -0.05) is 0 Å². The van der Waals surface area contributed by atoms with Gasteiger partial charge in [0.25, 0.3) is 11.8 Å². The SMILES string of the molecule is Cc1c(F)c(F)c(F)c(F)c1C(=O)NCCNC(=O)c1c(C)c(F)c(F)c(F)c1F. The van der Waals surface area contributed by atoms with E-state index >= 15 is 0 Å². The number of carbonyl (C=O) groups excluding carboxylic acids is 2. The summed E-state index contributed by atoms with van der Waals surface area (Å²) in [6, 6.07) is 0. The molecular formula is C18H12F8N2O2. The Morgan fingerprint density at radius 1 is 0.533 bits per heavy atom. The second-order valence-corrected chi connectivity index (χ2v) is 6.02. The highest BCUT2D eigenvalue weighted by Gasteiger charge is 2.28. The number of hydrogen-bond acceptors (Lipinski definition) is 2. The molecule has 12 heteroatoms. The van der Waals surface area contributed by atoms with Crippen LogP contribution in [0.1, 0.15) is 31.8 Å². The Morgan fingerprint density at radius 2 is 0.800 bits per heavy atom. The van der Waals surface area contributed by atoms with Crippen molar-refractivity contribution < 1.29 is 44.7 Å². The smallest absolute Gasteiger partial charge is 0.254 e. The molecule has 0 fully saturated rings. The van der Waals surface area contributed by atoms with Crippen molar-refractivity contribution in [2.45, 2.75) is 13.8 Å². The van der Waals surface area contributed by atoms with Gasteiger partial charge in [0.1, 0.15) is 0 Å². The minimum atomic E-state index is -2.19. The number of benzene rings is 2. The van der Waals surface area contributed by atoms with Crippen LogP contribution >= 0.6 is 0 Å². The fraction of sp³-hybridized carbons (Fsp3) is 0.222. The van der Waals surface area contributed by atoms with Crippen LogP contribution in [-0.4, -0.2) is 24.9 Å². The lowest BCUT2D eigenvalue weighted by Gasteiger charge is -2.13. The van der Waals surface area contributed by atoms with E-state index in [0.29, 0.717) is 0 Å². The van der Waals surface area contributed by atoms with Crippen molar-refractivity contribution in [2.24, 2.45) is 0 Å². The Bertz CT molecular complexity index is 914. The number of hydrogen-bond donors (Lipinski definition) is 2. The van der Waals surface area contributed by atoms with Crippen LogP contribution < -0.4 is 10.6 Å². The van der Waals surface area contributed by atoms with Gasteiger partial charge >= 0.3 is 0 Å². The molecule has 2 aromatic rings. The molecular weight excluding hydrogens is 428 g/mol. The zero-order valence-corrected chi connectivity index (χ0v) is 15.3. The summed E-state index contributed by atoms with van der Waals surface area (Å²) >= 11 is 0. The molecule has 0 aliphatic heterocycles. The van der Waals surface area contributed by atoms with Crippen molar-refractivity contribution in [1.29, 1.82) is 0 Å². The molecule has 0 unspecified atom stereocenters. The minimum absolute atomic E-state index is 0.503. The Kier molecular flexibility index (Phi) is 6.68. The zero-order valence-electron chi connectivity index (χ0n) is 15.3. The van der Waals surface area contributed by atoms with Gasteiger partial charge in [-0.25, -0.2) is 35.1 Å². The summed E-state index contributed by atoms with van der Waals surface area (Å²) < 4.78 is 107. The molecule has 0 atom stereocenters. The van der Waals surface area contributed by atoms with E-state index in [4.69, 9.17) is 0 Å². The van der Waals surface area contributed by atoms with Crippen LogP contribution in [0.3, 0.4) is 0 Å². The summed E-state index contributed by atoms with van der Waals surface area (Å²) in [5.41, 5.74) is -3.82. The maximum atomic E-state index is 13.8. The molecule has 2 rings (SSSR count). The Hall–Kier alpha value is -3.18. The molecule has 0 radical (unpaired) electrons. The lowest BCUT2D eigenvalue weighted by atomic mass is 10.1. The molecule has 0 spiro atoms. The quantitative estimate of drug-likeness (QED) is 0.323. The second kappa shape index (κ2) is 8.67. The monoisotopic (exact) mass is 440 g/mol. The molecule has 0 saturated carbocycles. The summed E-state index contributed by atoms with van der Waals surface area (Å²) in [7, 11) is 0. The van der Waals surface area contributed by atoms with Gasteiger partial charge in [0.2, 0.25) is 0 Å². The standard InChI is InChI=1S/C18H12F8N2O2/c1-5-7(11(21)15(25)13(23)9(5)19)17(29)27-3-4-28-18(30)8-6(2)10(20)14(24)16(26)12(8)22/h3-4H2,1-2H3,(H,27,29)(H,28,30). The van der Waals surface area contributed by atoms with Crippen LogP contribution in [0.25, 0.3) is 0 Å². The number of rotatable bonds is 5. The van der Waals surface area contributed by atoms with E-state index in [-0.39, 0.29) is 0 Å². The first-order valence-corrected chi connectivity index (χ1v) is 8.13. The van der Waals surface area contributed by atoms with Crippen molar-refractivity contribution in [1.82, 2.24) is 10.6 Å². The molecule has 0 aliphatic carbocycles. The predicted octanol–water partition coefficient (Wildman–Crippen LogP) is 3.58. The number of nitrogens with one attached hydrogen (secondary N) is 2. The van der Waals surface area contributed by atoms with Gasteiger partial charge in [-0.05, 0) is 13.8 Å². The van der Waals surface area contributed by atoms with Crippen molar-refractivity contribution in [3.8, 4) is 0 Å². The third-order valence-corrected chi connectivity index (χ3v) is 4.15. The third kappa shape index (κ3) is 3.94. The first-order chi connectivity index (χ1) is 13.9. The Labute approximate surface area is 163 Å². The highest BCUT2D eigenvalue weighted by Crippen LogP contribution is 2.24. The topological polar surface area (TPSA) is 58.2 Å². The van der Waals surface area contributed by atoms with Crippen molar-refractivity contribution in [3.63, 3.8) is 0 Å². The van der Waals surface area contributed by atoms with Crippen molar-refractivity contribution in [3.05, 3.63) is 68.8 Å². The van der Waals surface area contributed by atoms with Gasteiger partial charge in [-0.3, -0.25) is 9.59 Å². The summed E-state index contributed by atoms with van der Waals surface area (Å²) in [5.74, 6) is -18.7. The zero-order chi connectivity index (χ0) is 22.9. The molecule has 0 aromatic heterocycles. The Morgan fingerprint density at radius 3 is 1.10 bits per heavy atom. The predicted molar refractivity (Wildman–Crippen MR) is 86.7 cm³/mol. The fourth-order valence-electron chi connectivity index (χ4n) is 2.55. The van der Waals surface area contributed by atoms with Crippen LogP contribution in [0.2, 0.25) is 0 Å². The van der Waals surface area contributed by atoms with E-state index in [0.717, 1.165) is 13.8 Å². The summed E-state index contributed by atoms with van der Waals surface area (Å²) in [4.78, 5) is 23.9. The molecule has 4 nitrogen and oxygen atoms in total. The second-order valence-electron chi connectivity index (χ2n) is 6.02. The van der Waals surface area contributed by atoms with E-state index in [1.807, 2.05) is 10.6 Å². The van der Waals surface area contributed by atoms with Gasteiger partial charge in [0, 0.05) is 24.2 Å². The number of halogens is 8. The minimum Gasteiger partial charge on any atom is -0.350 e. The normalized spacial score (nSPS) is 10.9. The summed E-state index contributed by atoms with van der Waals surface area (Å²) in [5, 5.41) is 3.94. The van der Waals surface area contributed by atoms with Gasteiger partial charge in [0.05, 0.1) is 11.1 Å². The lowest BCUT2D eigenvalue weighted by molar-refractivity contribution is 0.0920. The molecule has 2 N–H and O–H groups in total. The maximum Gasteiger partial charge on any atom is 0.254 e. The van der Waals surface area contributed by atoms with Crippen molar-refractivity contribution >= 4 is 11.8 Å². The van der Waals surface area contributed by atoms with Crippen LogP contribution in [0.5, 0.6) is 0 Å². The highest BCUT2D eigenvalue weighted by molar-refractivity contribution is 5.97.